The number of para-hydroxylation sites is 1. The molecule has 188 valence electrons. The molecule has 6 heteroatoms. The van der Waals surface area contributed by atoms with E-state index in [9.17, 15) is 9.59 Å². The van der Waals surface area contributed by atoms with Crippen molar-refractivity contribution in [3.8, 4) is 5.75 Å². The minimum Gasteiger partial charge on any atom is -0.491 e. The van der Waals surface area contributed by atoms with E-state index in [0.29, 0.717) is 26.2 Å². The highest BCUT2D eigenvalue weighted by Gasteiger charge is 2.23. The van der Waals surface area contributed by atoms with E-state index in [1.165, 1.54) is 0 Å². The zero-order valence-corrected chi connectivity index (χ0v) is 21.6. The van der Waals surface area contributed by atoms with Crippen LogP contribution in [0.15, 0.2) is 66.7 Å². The van der Waals surface area contributed by atoms with Gasteiger partial charge in [0.15, 0.2) is 0 Å². The zero-order valence-electron chi connectivity index (χ0n) is 21.6. The van der Waals surface area contributed by atoms with Gasteiger partial charge < -0.3 is 19.9 Å². The van der Waals surface area contributed by atoms with E-state index in [0.717, 1.165) is 45.8 Å². The molecule has 4 rings (SSSR count). The molecule has 1 N–H and O–H groups in total. The van der Waals surface area contributed by atoms with Crippen LogP contribution >= 0.6 is 0 Å². The molecule has 0 unspecified atom stereocenters. The number of amides is 3. The van der Waals surface area contributed by atoms with Crippen molar-refractivity contribution < 1.29 is 14.3 Å². The lowest BCUT2D eigenvalue weighted by molar-refractivity contribution is -0.121. The molecule has 0 aliphatic carbocycles. The highest BCUT2D eigenvalue weighted by Crippen LogP contribution is 2.28. The third-order valence-electron chi connectivity index (χ3n) is 6.48. The molecule has 0 fully saturated rings. The Labute approximate surface area is 213 Å². The number of rotatable bonds is 6. The number of benzene rings is 3. The molecule has 0 spiro atoms. The summed E-state index contributed by atoms with van der Waals surface area (Å²) in [4.78, 5) is 29.8. The molecule has 1 aliphatic heterocycles. The Bertz CT molecular complexity index is 1220. The van der Waals surface area contributed by atoms with Crippen LogP contribution in [0.1, 0.15) is 43.0 Å². The zero-order chi connectivity index (χ0) is 25.7. The number of nitrogens with zero attached hydrogens (tertiary/aromatic N) is 2. The van der Waals surface area contributed by atoms with Gasteiger partial charge in [-0.1, -0.05) is 62.7 Å². The molecular weight excluding hydrogens is 450 g/mol. The first-order valence-corrected chi connectivity index (χ1v) is 12.6. The number of carbonyl (C=O) groups is 2. The Balaban J connectivity index is 1.55. The molecular formula is C30H35N3O3. The maximum absolute atomic E-state index is 13.1. The standard InChI is InChI=1S/C30H35N3O3/c1-5-24-8-6-7-9-27(24)31-30(35)32-16-17-36-28-15-12-23(18-25(28)20-32)19-33(29(34)21(2)3)26-13-10-22(4)11-14-26/h6-15,18,21H,5,16-17,19-20H2,1-4H3,(H,31,35). The van der Waals surface area contributed by atoms with Crippen LogP contribution in [0.4, 0.5) is 16.2 Å². The number of aryl methyl sites for hydroxylation is 2. The summed E-state index contributed by atoms with van der Waals surface area (Å²) >= 11 is 0. The average molecular weight is 486 g/mol. The average Bonchev–Trinajstić information content (AvgIpc) is 3.10. The fraction of sp³-hybridized carbons (Fsp3) is 0.333. The summed E-state index contributed by atoms with van der Waals surface area (Å²) in [6.45, 7) is 9.75. The highest BCUT2D eigenvalue weighted by atomic mass is 16.5. The maximum Gasteiger partial charge on any atom is 0.322 e. The van der Waals surface area contributed by atoms with Gasteiger partial charge in [0.05, 0.1) is 19.6 Å². The third kappa shape index (κ3) is 5.88. The number of anilines is 2. The van der Waals surface area contributed by atoms with E-state index >= 15 is 0 Å². The van der Waals surface area contributed by atoms with Crippen molar-refractivity contribution in [3.63, 3.8) is 0 Å². The van der Waals surface area contributed by atoms with Crippen molar-refractivity contribution in [2.45, 2.75) is 47.2 Å². The van der Waals surface area contributed by atoms with E-state index < -0.39 is 0 Å². The SMILES string of the molecule is CCc1ccccc1NC(=O)N1CCOc2ccc(CN(C(=O)C(C)C)c3ccc(C)cc3)cc2C1. The van der Waals surface area contributed by atoms with Gasteiger partial charge in [0, 0.05) is 22.9 Å². The predicted molar refractivity (Wildman–Crippen MR) is 144 cm³/mol. The van der Waals surface area contributed by atoms with Crippen molar-refractivity contribution in [3.05, 3.63) is 89.0 Å². The van der Waals surface area contributed by atoms with Crippen LogP contribution in [0.3, 0.4) is 0 Å². The minimum absolute atomic E-state index is 0.0700. The molecule has 6 nitrogen and oxygen atoms in total. The first kappa shape index (κ1) is 25.3. The summed E-state index contributed by atoms with van der Waals surface area (Å²) in [5.74, 6) is 0.723. The van der Waals surface area contributed by atoms with Gasteiger partial charge in [-0.15, -0.1) is 0 Å². The molecule has 0 saturated carbocycles. The second-order valence-corrected chi connectivity index (χ2v) is 9.57. The van der Waals surface area contributed by atoms with Gasteiger partial charge in [0.1, 0.15) is 12.4 Å². The molecule has 3 aromatic carbocycles. The molecule has 0 aromatic heterocycles. The van der Waals surface area contributed by atoms with Crippen molar-refractivity contribution in [1.82, 2.24) is 4.90 Å². The topological polar surface area (TPSA) is 61.9 Å². The van der Waals surface area contributed by atoms with E-state index in [1.54, 1.807) is 4.90 Å². The molecule has 3 amide bonds. The molecule has 3 aromatic rings. The maximum atomic E-state index is 13.1. The smallest absolute Gasteiger partial charge is 0.322 e. The van der Waals surface area contributed by atoms with Gasteiger partial charge in [0.25, 0.3) is 0 Å². The van der Waals surface area contributed by atoms with Crippen molar-refractivity contribution >= 4 is 23.3 Å². The van der Waals surface area contributed by atoms with Gasteiger partial charge in [-0.2, -0.15) is 0 Å². The summed E-state index contributed by atoms with van der Waals surface area (Å²) < 4.78 is 5.97. The van der Waals surface area contributed by atoms with Gasteiger partial charge in [-0.3, -0.25) is 4.79 Å². The quantitative estimate of drug-likeness (QED) is 0.454. The number of urea groups is 1. The molecule has 1 aliphatic rings. The van der Waals surface area contributed by atoms with Crippen LogP contribution in [0.25, 0.3) is 0 Å². The van der Waals surface area contributed by atoms with Gasteiger partial charge in [0.2, 0.25) is 5.91 Å². The monoisotopic (exact) mass is 485 g/mol. The predicted octanol–water partition coefficient (Wildman–Crippen LogP) is 6.17. The highest BCUT2D eigenvalue weighted by molar-refractivity contribution is 5.94. The lowest BCUT2D eigenvalue weighted by Gasteiger charge is -2.26. The Morgan fingerprint density at radius 2 is 1.81 bits per heavy atom. The molecule has 0 bridgehead atoms. The molecule has 0 atom stereocenters. The van der Waals surface area contributed by atoms with Crippen LogP contribution in [0, 0.1) is 12.8 Å². The third-order valence-corrected chi connectivity index (χ3v) is 6.48. The number of fused-ring (bicyclic) bond motifs is 1. The fourth-order valence-corrected chi connectivity index (χ4v) is 4.38. The fourth-order valence-electron chi connectivity index (χ4n) is 4.38. The molecule has 0 saturated heterocycles. The van der Waals surface area contributed by atoms with Crippen LogP contribution in [0.2, 0.25) is 0 Å². The van der Waals surface area contributed by atoms with Crippen LogP contribution < -0.4 is 15.0 Å². The van der Waals surface area contributed by atoms with Gasteiger partial charge in [-0.05, 0) is 54.8 Å². The molecule has 1 heterocycles. The normalized spacial score (nSPS) is 13.0. The summed E-state index contributed by atoms with van der Waals surface area (Å²) in [5, 5.41) is 3.07. The lowest BCUT2D eigenvalue weighted by atomic mass is 10.1. The van der Waals surface area contributed by atoms with Crippen LogP contribution in [-0.2, 0) is 24.3 Å². The molecule has 36 heavy (non-hydrogen) atoms. The largest absolute Gasteiger partial charge is 0.491 e. The van der Waals surface area contributed by atoms with Crippen molar-refractivity contribution in [1.29, 1.82) is 0 Å². The van der Waals surface area contributed by atoms with E-state index in [-0.39, 0.29) is 17.9 Å². The second kappa shape index (κ2) is 11.3. The number of hydrogen-bond donors (Lipinski definition) is 1. The second-order valence-electron chi connectivity index (χ2n) is 9.57. The van der Waals surface area contributed by atoms with E-state index in [4.69, 9.17) is 4.74 Å². The Morgan fingerprint density at radius 3 is 2.53 bits per heavy atom. The number of hydrogen-bond acceptors (Lipinski definition) is 3. The minimum atomic E-state index is -0.144. The Hall–Kier alpha value is -3.80. The summed E-state index contributed by atoms with van der Waals surface area (Å²) in [6, 6.07) is 21.8. The number of carbonyl (C=O) groups excluding carboxylic acids is 2. The number of ether oxygens (including phenoxy) is 1. The van der Waals surface area contributed by atoms with E-state index in [1.807, 2.05) is 86.3 Å². The first-order valence-electron chi connectivity index (χ1n) is 12.6. The first-order chi connectivity index (χ1) is 17.4. The summed E-state index contributed by atoms with van der Waals surface area (Å²) in [6.07, 6.45) is 0.846. The summed E-state index contributed by atoms with van der Waals surface area (Å²) in [7, 11) is 0. The van der Waals surface area contributed by atoms with Crippen LogP contribution in [0.5, 0.6) is 5.75 Å². The van der Waals surface area contributed by atoms with Crippen molar-refractivity contribution in [2.75, 3.05) is 23.4 Å². The molecule has 0 radical (unpaired) electrons. The van der Waals surface area contributed by atoms with Gasteiger partial charge >= 0.3 is 6.03 Å². The van der Waals surface area contributed by atoms with E-state index in [2.05, 4.69) is 18.3 Å². The van der Waals surface area contributed by atoms with Crippen LogP contribution in [-0.4, -0.2) is 30.0 Å². The van der Waals surface area contributed by atoms with Gasteiger partial charge in [-0.25, -0.2) is 4.79 Å². The Morgan fingerprint density at radius 1 is 1.06 bits per heavy atom. The number of nitrogens with one attached hydrogen (secondary N) is 1. The Kier molecular flexibility index (Phi) is 7.93. The lowest BCUT2D eigenvalue weighted by Crippen LogP contribution is -2.36. The van der Waals surface area contributed by atoms with Crippen molar-refractivity contribution in [2.24, 2.45) is 5.92 Å². The summed E-state index contributed by atoms with van der Waals surface area (Å²) in [5.41, 5.74) is 5.89.